The Hall–Kier alpha value is -2.89. The van der Waals surface area contributed by atoms with Crippen molar-refractivity contribution in [2.45, 2.75) is 52.0 Å². The molecule has 0 radical (unpaired) electrons. The van der Waals surface area contributed by atoms with Gasteiger partial charge < -0.3 is 14.2 Å². The minimum atomic E-state index is -0.427. The minimum Gasteiger partial charge on any atom is -0.461 e. The maximum absolute atomic E-state index is 13.3. The third-order valence-corrected chi connectivity index (χ3v) is 6.60. The van der Waals surface area contributed by atoms with Crippen LogP contribution in [0.25, 0.3) is 0 Å². The van der Waals surface area contributed by atoms with Crippen molar-refractivity contribution in [2.24, 2.45) is 13.0 Å². The van der Waals surface area contributed by atoms with Crippen molar-refractivity contribution in [3.8, 4) is 0 Å². The van der Waals surface area contributed by atoms with Gasteiger partial charge in [0.25, 0.3) is 0 Å². The number of nitrogens with zero attached hydrogens (tertiary/aromatic N) is 2. The van der Waals surface area contributed by atoms with Crippen LogP contribution in [0.2, 0.25) is 0 Å². The number of ether oxygens (including phenoxy) is 1. The van der Waals surface area contributed by atoms with E-state index in [9.17, 15) is 14.4 Å². The lowest BCUT2D eigenvalue weighted by Gasteiger charge is -2.22. The predicted octanol–water partition coefficient (Wildman–Crippen LogP) is 3.80. The highest BCUT2D eigenvalue weighted by Crippen LogP contribution is 2.49. The second-order valence-corrected chi connectivity index (χ2v) is 8.69. The van der Waals surface area contributed by atoms with E-state index in [1.165, 1.54) is 5.56 Å². The molecule has 0 N–H and O–H groups in total. The lowest BCUT2D eigenvalue weighted by atomic mass is 10.0. The van der Waals surface area contributed by atoms with Crippen LogP contribution in [0.4, 0.5) is 0 Å². The van der Waals surface area contributed by atoms with E-state index in [4.69, 9.17) is 4.74 Å². The molecule has 2 aliphatic rings. The molecule has 2 atom stereocenters. The van der Waals surface area contributed by atoms with Crippen molar-refractivity contribution < 1.29 is 19.1 Å². The number of carbonyl (C=O) groups excluding carboxylic acids is 3. The fourth-order valence-corrected chi connectivity index (χ4v) is 4.63. The van der Waals surface area contributed by atoms with Gasteiger partial charge in [-0.25, -0.2) is 4.79 Å². The van der Waals surface area contributed by atoms with E-state index >= 15 is 0 Å². The van der Waals surface area contributed by atoms with Crippen LogP contribution in [0.3, 0.4) is 0 Å². The summed E-state index contributed by atoms with van der Waals surface area (Å²) in [7, 11) is 1.77. The molecule has 164 valence electrons. The standard InChI is InChI=1S/C25H30N2O4/c1-5-31-25(30)23-15(2)22(16(3)26(23)4)21(28)14-27(18-11-12-18)24(29)20-13-19(20)17-9-7-6-8-10-17/h6-10,18-20H,5,11-14H2,1-4H3/t19-,20+/m0/s1. The second kappa shape index (κ2) is 8.33. The Balaban J connectivity index is 1.52. The lowest BCUT2D eigenvalue weighted by molar-refractivity contribution is -0.132. The number of Topliss-reactive ketones (excluding diaryl/α,β-unsaturated/α-hetero) is 1. The van der Waals surface area contributed by atoms with E-state index in [2.05, 4.69) is 12.1 Å². The van der Waals surface area contributed by atoms with Crippen LogP contribution in [-0.4, -0.2) is 46.3 Å². The summed E-state index contributed by atoms with van der Waals surface area (Å²) in [6.45, 7) is 5.71. The van der Waals surface area contributed by atoms with Gasteiger partial charge in [-0.3, -0.25) is 9.59 Å². The number of amides is 1. The molecule has 4 rings (SSSR count). The zero-order valence-corrected chi connectivity index (χ0v) is 18.7. The number of aromatic nitrogens is 1. The molecule has 2 fully saturated rings. The normalized spacial score (nSPS) is 19.7. The summed E-state index contributed by atoms with van der Waals surface area (Å²) in [5.74, 6) is -0.243. The van der Waals surface area contributed by atoms with Crippen molar-refractivity contribution >= 4 is 17.7 Å². The van der Waals surface area contributed by atoms with E-state index in [0.717, 1.165) is 25.0 Å². The van der Waals surface area contributed by atoms with Crippen molar-refractivity contribution in [2.75, 3.05) is 13.2 Å². The maximum Gasteiger partial charge on any atom is 0.355 e. The average Bonchev–Trinajstić information content (AvgIpc) is 3.66. The van der Waals surface area contributed by atoms with E-state index < -0.39 is 5.97 Å². The van der Waals surface area contributed by atoms with Crippen molar-refractivity contribution in [1.82, 2.24) is 9.47 Å². The number of esters is 1. The summed E-state index contributed by atoms with van der Waals surface area (Å²) < 4.78 is 6.88. The van der Waals surface area contributed by atoms with Crippen molar-refractivity contribution in [1.29, 1.82) is 0 Å². The molecule has 2 saturated carbocycles. The summed E-state index contributed by atoms with van der Waals surface area (Å²) in [5.41, 5.74) is 3.47. The zero-order valence-electron chi connectivity index (χ0n) is 18.7. The molecule has 1 heterocycles. The topological polar surface area (TPSA) is 68.6 Å². The molecular weight excluding hydrogens is 392 g/mol. The third kappa shape index (κ3) is 4.03. The van der Waals surface area contributed by atoms with Crippen LogP contribution in [-0.2, 0) is 16.6 Å². The Labute approximate surface area is 183 Å². The molecule has 1 aromatic heterocycles. The van der Waals surface area contributed by atoms with Crippen molar-refractivity contribution in [3.05, 3.63) is 58.4 Å². The van der Waals surface area contributed by atoms with Gasteiger partial charge in [0.05, 0.1) is 13.2 Å². The van der Waals surface area contributed by atoms with Crippen LogP contribution in [0, 0.1) is 19.8 Å². The van der Waals surface area contributed by atoms with Gasteiger partial charge in [0.15, 0.2) is 5.78 Å². The minimum absolute atomic E-state index is 0.0381. The van der Waals surface area contributed by atoms with Crippen molar-refractivity contribution in [3.63, 3.8) is 0 Å². The molecule has 1 amide bonds. The number of hydrogen-bond acceptors (Lipinski definition) is 4. The third-order valence-electron chi connectivity index (χ3n) is 6.60. The Kier molecular flexibility index (Phi) is 5.73. The molecule has 1 aromatic carbocycles. The molecule has 0 spiro atoms. The Bertz CT molecular complexity index is 1020. The van der Waals surface area contributed by atoms with Crippen LogP contribution >= 0.6 is 0 Å². The molecule has 31 heavy (non-hydrogen) atoms. The highest BCUT2D eigenvalue weighted by Gasteiger charge is 2.48. The van der Waals surface area contributed by atoms with Gasteiger partial charge in [0.1, 0.15) is 5.69 Å². The summed E-state index contributed by atoms with van der Waals surface area (Å²) in [6, 6.07) is 10.3. The first-order chi connectivity index (χ1) is 14.8. The first-order valence-electron chi connectivity index (χ1n) is 11.1. The van der Waals surface area contributed by atoms with Gasteiger partial charge in [0, 0.05) is 30.3 Å². The molecule has 0 bridgehead atoms. The van der Waals surface area contributed by atoms with Gasteiger partial charge in [-0.2, -0.15) is 0 Å². The number of carbonyl (C=O) groups is 3. The van der Waals surface area contributed by atoms with Crippen LogP contribution in [0.15, 0.2) is 30.3 Å². The fraction of sp³-hybridized carbons (Fsp3) is 0.480. The molecule has 0 saturated heterocycles. The average molecular weight is 423 g/mol. The fourth-order valence-electron chi connectivity index (χ4n) is 4.63. The van der Waals surface area contributed by atoms with E-state index in [0.29, 0.717) is 16.8 Å². The van der Waals surface area contributed by atoms with Gasteiger partial charge in [-0.05, 0) is 57.1 Å². The molecular formula is C25H30N2O4. The SMILES string of the molecule is CCOC(=O)c1c(C)c(C(=O)CN(C(=O)[C@@H]2C[C@H]2c2ccccc2)C2CC2)c(C)n1C. The largest absolute Gasteiger partial charge is 0.461 e. The molecule has 6 nitrogen and oxygen atoms in total. The first kappa shape index (κ1) is 21.3. The van der Waals surface area contributed by atoms with Crippen LogP contribution in [0.5, 0.6) is 0 Å². The summed E-state index contributed by atoms with van der Waals surface area (Å²) in [4.78, 5) is 40.7. The number of benzene rings is 1. The highest BCUT2D eigenvalue weighted by atomic mass is 16.5. The van der Waals surface area contributed by atoms with Gasteiger partial charge >= 0.3 is 5.97 Å². The highest BCUT2D eigenvalue weighted by molar-refractivity contribution is 6.05. The van der Waals surface area contributed by atoms with E-state index in [1.54, 1.807) is 30.4 Å². The quantitative estimate of drug-likeness (QED) is 0.479. The summed E-state index contributed by atoms with van der Waals surface area (Å²) in [6.07, 6.45) is 2.74. The first-order valence-corrected chi connectivity index (χ1v) is 11.1. The second-order valence-electron chi connectivity index (χ2n) is 8.69. The number of hydrogen-bond donors (Lipinski definition) is 0. The zero-order chi connectivity index (χ0) is 22.3. The van der Waals surface area contributed by atoms with Gasteiger partial charge in [0.2, 0.25) is 5.91 Å². The Morgan fingerprint density at radius 2 is 1.81 bits per heavy atom. The number of ketones is 1. The number of rotatable bonds is 8. The van der Waals surface area contributed by atoms with Gasteiger partial charge in [-0.1, -0.05) is 30.3 Å². The molecule has 0 aliphatic heterocycles. The molecule has 2 aromatic rings. The Morgan fingerprint density at radius 1 is 1.13 bits per heavy atom. The monoisotopic (exact) mass is 422 g/mol. The summed E-state index contributed by atoms with van der Waals surface area (Å²) >= 11 is 0. The maximum atomic E-state index is 13.3. The molecule has 0 unspecified atom stereocenters. The van der Waals surface area contributed by atoms with Crippen LogP contribution < -0.4 is 0 Å². The summed E-state index contributed by atoms with van der Waals surface area (Å²) in [5, 5.41) is 0. The van der Waals surface area contributed by atoms with Gasteiger partial charge in [-0.15, -0.1) is 0 Å². The molecule has 2 aliphatic carbocycles. The van der Waals surface area contributed by atoms with Crippen LogP contribution in [0.1, 0.15) is 69.8 Å². The smallest absolute Gasteiger partial charge is 0.355 e. The predicted molar refractivity (Wildman–Crippen MR) is 117 cm³/mol. The van der Waals surface area contributed by atoms with E-state index in [-0.39, 0.29) is 42.7 Å². The Morgan fingerprint density at radius 3 is 2.42 bits per heavy atom. The lowest BCUT2D eigenvalue weighted by Crippen LogP contribution is -2.39. The van der Waals surface area contributed by atoms with E-state index in [1.807, 2.05) is 25.1 Å². The molecule has 6 heteroatoms.